The largest absolute Gasteiger partial charge is 0.462 e. The van der Waals surface area contributed by atoms with E-state index in [1.807, 2.05) is 30.3 Å². The Labute approximate surface area is 152 Å². The first-order chi connectivity index (χ1) is 12.3. The van der Waals surface area contributed by atoms with E-state index >= 15 is 0 Å². The Morgan fingerprint density at radius 3 is 2.46 bits per heavy atom. The van der Waals surface area contributed by atoms with Crippen molar-refractivity contribution in [2.24, 2.45) is 5.92 Å². The number of hydrogen-bond acceptors (Lipinski definition) is 6. The van der Waals surface area contributed by atoms with Gasteiger partial charge in [-0.15, -0.1) is 0 Å². The predicted molar refractivity (Wildman–Crippen MR) is 93.0 cm³/mol. The smallest absolute Gasteiger partial charge is 0.312 e. The fraction of sp³-hybridized carbons (Fsp3) is 0.526. The number of aliphatic hydroxyl groups is 1. The molecule has 1 aliphatic rings. The molecule has 7 nitrogen and oxygen atoms in total. The van der Waals surface area contributed by atoms with E-state index in [-0.39, 0.29) is 6.42 Å². The Kier molecular flexibility index (Phi) is 6.74. The predicted octanol–water partition coefficient (Wildman–Crippen LogP) is 0.932. The van der Waals surface area contributed by atoms with Crippen LogP contribution >= 0.6 is 0 Å². The van der Waals surface area contributed by atoms with Crippen LogP contribution in [0.4, 0.5) is 0 Å². The monoisotopic (exact) mass is 363 g/mol. The van der Waals surface area contributed by atoms with Crippen molar-refractivity contribution in [3.8, 4) is 0 Å². The highest BCUT2D eigenvalue weighted by Gasteiger charge is 2.33. The lowest BCUT2D eigenvalue weighted by Crippen LogP contribution is -2.49. The number of carbonyl (C=O) groups excluding carboxylic acids is 3. The van der Waals surface area contributed by atoms with Gasteiger partial charge in [-0.05, 0) is 25.8 Å². The normalized spacial score (nSPS) is 28.6. The lowest BCUT2D eigenvalue weighted by atomic mass is 9.97. The third kappa shape index (κ3) is 5.05. The first kappa shape index (κ1) is 19.9. The zero-order valence-electron chi connectivity index (χ0n) is 15.3. The van der Waals surface area contributed by atoms with Gasteiger partial charge in [0.05, 0.1) is 24.5 Å². The van der Waals surface area contributed by atoms with E-state index in [1.165, 1.54) is 11.9 Å². The zero-order valence-corrected chi connectivity index (χ0v) is 15.3. The first-order valence-corrected chi connectivity index (χ1v) is 8.63. The van der Waals surface area contributed by atoms with Crippen molar-refractivity contribution in [2.75, 3.05) is 13.7 Å². The van der Waals surface area contributed by atoms with Gasteiger partial charge in [0, 0.05) is 7.05 Å². The summed E-state index contributed by atoms with van der Waals surface area (Å²) in [6.07, 6.45) is -1.71. The minimum atomic E-state index is -1.10. The summed E-state index contributed by atoms with van der Waals surface area (Å²) >= 11 is 0. The van der Waals surface area contributed by atoms with Crippen LogP contribution in [0.5, 0.6) is 0 Å². The summed E-state index contributed by atoms with van der Waals surface area (Å²) in [5.41, 5.74) is 0.913. The van der Waals surface area contributed by atoms with E-state index in [1.54, 1.807) is 13.8 Å². The third-order valence-corrected chi connectivity index (χ3v) is 4.73. The fourth-order valence-electron chi connectivity index (χ4n) is 2.79. The van der Waals surface area contributed by atoms with Crippen molar-refractivity contribution < 1.29 is 29.0 Å². The summed E-state index contributed by atoms with van der Waals surface area (Å²) in [5, 5.41) is 10.6. The van der Waals surface area contributed by atoms with Gasteiger partial charge < -0.3 is 19.5 Å². The number of benzene rings is 1. The molecule has 4 atom stereocenters. The molecule has 1 heterocycles. The highest BCUT2D eigenvalue weighted by molar-refractivity contribution is 5.82. The molecule has 1 saturated heterocycles. The zero-order chi connectivity index (χ0) is 19.3. The van der Waals surface area contributed by atoms with Crippen LogP contribution in [0.15, 0.2) is 30.3 Å². The van der Waals surface area contributed by atoms with Crippen LogP contribution in [0, 0.1) is 5.92 Å². The molecule has 0 spiro atoms. The number of cyclic esters (lactones) is 2. The molecule has 142 valence electrons. The van der Waals surface area contributed by atoms with Gasteiger partial charge in [0.1, 0.15) is 6.10 Å². The number of likely N-dealkylation sites (N-methyl/N-ethyl adjacent to an activating group) is 1. The molecule has 2 rings (SSSR count). The summed E-state index contributed by atoms with van der Waals surface area (Å²) in [4.78, 5) is 37.9. The Balaban J connectivity index is 2.24. The van der Waals surface area contributed by atoms with E-state index in [0.29, 0.717) is 6.42 Å². The van der Waals surface area contributed by atoms with Crippen molar-refractivity contribution in [1.82, 2.24) is 4.90 Å². The summed E-state index contributed by atoms with van der Waals surface area (Å²) in [7, 11) is 1.52. The minimum absolute atomic E-state index is 0.263. The number of carbonyl (C=O) groups is 3. The van der Waals surface area contributed by atoms with Gasteiger partial charge in [-0.2, -0.15) is 0 Å². The highest BCUT2D eigenvalue weighted by atomic mass is 16.6. The Morgan fingerprint density at radius 1 is 1.15 bits per heavy atom. The van der Waals surface area contributed by atoms with Crippen LogP contribution in [-0.4, -0.2) is 59.8 Å². The maximum Gasteiger partial charge on any atom is 0.312 e. The van der Waals surface area contributed by atoms with E-state index in [4.69, 9.17) is 9.47 Å². The lowest BCUT2D eigenvalue weighted by molar-refractivity contribution is -0.167. The molecule has 0 bridgehead atoms. The average Bonchev–Trinajstić information content (AvgIpc) is 2.62. The van der Waals surface area contributed by atoms with E-state index < -0.39 is 48.6 Å². The molecular weight excluding hydrogens is 338 g/mol. The molecule has 1 N–H and O–H groups in total. The van der Waals surface area contributed by atoms with Gasteiger partial charge in [-0.3, -0.25) is 14.4 Å². The van der Waals surface area contributed by atoms with Crippen molar-refractivity contribution in [2.45, 2.75) is 44.9 Å². The van der Waals surface area contributed by atoms with Gasteiger partial charge in [0.2, 0.25) is 0 Å². The number of hydrogen-bond donors (Lipinski definition) is 1. The average molecular weight is 363 g/mol. The second-order valence-corrected chi connectivity index (χ2v) is 6.62. The van der Waals surface area contributed by atoms with Crippen LogP contribution in [0.1, 0.15) is 25.8 Å². The molecule has 0 saturated carbocycles. The van der Waals surface area contributed by atoms with Crippen LogP contribution in [-0.2, 0) is 30.3 Å². The van der Waals surface area contributed by atoms with Crippen LogP contribution in [0.2, 0.25) is 0 Å². The van der Waals surface area contributed by atoms with Crippen molar-refractivity contribution in [1.29, 1.82) is 0 Å². The topological polar surface area (TPSA) is 93.1 Å². The minimum Gasteiger partial charge on any atom is -0.462 e. The molecule has 26 heavy (non-hydrogen) atoms. The molecule has 0 aromatic heterocycles. The first-order valence-electron chi connectivity index (χ1n) is 8.63. The number of nitrogens with zero attached hydrogens (tertiary/aromatic N) is 1. The molecule has 1 fully saturated rings. The summed E-state index contributed by atoms with van der Waals surface area (Å²) in [6.45, 7) is 2.73. The van der Waals surface area contributed by atoms with Gasteiger partial charge >= 0.3 is 11.9 Å². The molecule has 7 heteroatoms. The standard InChI is InChI=1S/C19H25NO6/c1-12-13(2)26-18(23)10-16(21)15(9-14-7-5-4-6-8-14)20(3)17(22)11-25-19(12)24/h4-8,12-13,15-16,21H,9-11H2,1-3H3/t12-,13+,15-,16+/m0/s1. The molecular formula is C19H25NO6. The number of aliphatic hydroxyl groups excluding tert-OH is 1. The van der Waals surface area contributed by atoms with Gasteiger partial charge in [-0.25, -0.2) is 0 Å². The summed E-state index contributed by atoms with van der Waals surface area (Å²) < 4.78 is 10.3. The number of esters is 2. The molecule has 0 radical (unpaired) electrons. The SMILES string of the molecule is C[C@@H]1C(=O)OCC(=O)N(C)[C@@H](Cc2ccccc2)[C@H](O)CC(=O)O[C@@H]1C. The van der Waals surface area contributed by atoms with Crippen molar-refractivity contribution >= 4 is 17.8 Å². The summed E-state index contributed by atoms with van der Waals surface area (Å²) in [5.74, 6) is -2.36. The second kappa shape index (κ2) is 8.80. The fourth-order valence-corrected chi connectivity index (χ4v) is 2.79. The van der Waals surface area contributed by atoms with Gasteiger partial charge in [0.15, 0.2) is 6.61 Å². The molecule has 1 aromatic carbocycles. The van der Waals surface area contributed by atoms with Gasteiger partial charge in [-0.1, -0.05) is 30.3 Å². The maximum atomic E-state index is 12.4. The number of ether oxygens (including phenoxy) is 2. The molecule has 1 aromatic rings. The second-order valence-electron chi connectivity index (χ2n) is 6.62. The Morgan fingerprint density at radius 2 is 1.81 bits per heavy atom. The molecule has 1 aliphatic heterocycles. The van der Waals surface area contributed by atoms with E-state index in [0.717, 1.165) is 5.56 Å². The molecule has 0 unspecified atom stereocenters. The van der Waals surface area contributed by atoms with Gasteiger partial charge in [0.25, 0.3) is 5.91 Å². The Bertz CT molecular complexity index is 647. The Hall–Kier alpha value is -2.41. The maximum absolute atomic E-state index is 12.4. The van der Waals surface area contributed by atoms with E-state index in [9.17, 15) is 19.5 Å². The van der Waals surface area contributed by atoms with Crippen LogP contribution < -0.4 is 0 Å². The number of rotatable bonds is 2. The van der Waals surface area contributed by atoms with Crippen molar-refractivity contribution in [3.63, 3.8) is 0 Å². The van der Waals surface area contributed by atoms with Crippen LogP contribution in [0.25, 0.3) is 0 Å². The number of amides is 1. The quantitative estimate of drug-likeness (QED) is 0.786. The van der Waals surface area contributed by atoms with Crippen LogP contribution in [0.3, 0.4) is 0 Å². The van der Waals surface area contributed by atoms with Crippen molar-refractivity contribution in [3.05, 3.63) is 35.9 Å². The third-order valence-electron chi connectivity index (χ3n) is 4.73. The highest BCUT2D eigenvalue weighted by Crippen LogP contribution is 2.18. The van der Waals surface area contributed by atoms with E-state index in [2.05, 4.69) is 0 Å². The molecule has 1 amide bonds. The lowest BCUT2D eigenvalue weighted by Gasteiger charge is -2.33. The molecule has 0 aliphatic carbocycles. The summed E-state index contributed by atoms with van der Waals surface area (Å²) in [6, 6.07) is 8.70.